The first-order valence-corrected chi connectivity index (χ1v) is 6.77. The number of halogens is 1. The maximum absolute atomic E-state index is 13.8. The molecule has 0 fully saturated rings. The molecule has 1 nitrogen and oxygen atoms in total. The summed E-state index contributed by atoms with van der Waals surface area (Å²) in [4.78, 5) is 0. The van der Waals surface area contributed by atoms with E-state index in [1.165, 1.54) is 11.6 Å². The lowest BCUT2D eigenvalue weighted by Crippen LogP contribution is -2.25. The van der Waals surface area contributed by atoms with Gasteiger partial charge in [0.1, 0.15) is 5.82 Å². The molecule has 0 aliphatic rings. The Morgan fingerprint density at radius 1 is 1.00 bits per heavy atom. The van der Waals surface area contributed by atoms with Crippen LogP contribution in [0.3, 0.4) is 0 Å². The fourth-order valence-electron chi connectivity index (χ4n) is 2.32. The van der Waals surface area contributed by atoms with Crippen LogP contribution in [0.5, 0.6) is 0 Å². The highest BCUT2D eigenvalue weighted by Crippen LogP contribution is 2.23. The van der Waals surface area contributed by atoms with Crippen LogP contribution in [0.15, 0.2) is 54.6 Å². The second-order valence-electron chi connectivity index (χ2n) is 4.78. The molecule has 0 spiro atoms. The monoisotopic (exact) mass is 257 g/mol. The van der Waals surface area contributed by atoms with E-state index < -0.39 is 0 Å². The third-order valence-corrected chi connectivity index (χ3v) is 3.44. The van der Waals surface area contributed by atoms with E-state index in [0.717, 1.165) is 12.0 Å². The van der Waals surface area contributed by atoms with E-state index in [-0.39, 0.29) is 17.9 Å². The molecule has 0 amide bonds. The van der Waals surface area contributed by atoms with Gasteiger partial charge in [-0.15, -0.1) is 0 Å². The summed E-state index contributed by atoms with van der Waals surface area (Å²) in [5.74, 6) is -0.137. The van der Waals surface area contributed by atoms with Crippen LogP contribution in [0.2, 0.25) is 0 Å². The molecular formula is C17H20FN. The van der Waals surface area contributed by atoms with Crippen LogP contribution in [-0.2, 0) is 0 Å². The molecule has 0 saturated carbocycles. The smallest absolute Gasteiger partial charge is 0.127 e. The van der Waals surface area contributed by atoms with Crippen LogP contribution >= 0.6 is 0 Å². The third kappa shape index (κ3) is 3.42. The van der Waals surface area contributed by atoms with Crippen molar-refractivity contribution in [1.82, 2.24) is 5.32 Å². The molecule has 2 heteroatoms. The Hall–Kier alpha value is -1.67. The second kappa shape index (κ2) is 6.48. The van der Waals surface area contributed by atoms with Crippen LogP contribution < -0.4 is 5.32 Å². The van der Waals surface area contributed by atoms with Crippen LogP contribution in [0.1, 0.15) is 43.5 Å². The third-order valence-electron chi connectivity index (χ3n) is 3.44. The van der Waals surface area contributed by atoms with E-state index in [9.17, 15) is 4.39 Å². The van der Waals surface area contributed by atoms with Gasteiger partial charge in [0.25, 0.3) is 0 Å². The van der Waals surface area contributed by atoms with Crippen molar-refractivity contribution < 1.29 is 4.39 Å². The van der Waals surface area contributed by atoms with E-state index in [1.54, 1.807) is 6.07 Å². The van der Waals surface area contributed by atoms with Gasteiger partial charge in [-0.2, -0.15) is 0 Å². The molecule has 0 bridgehead atoms. The minimum atomic E-state index is -0.137. The maximum Gasteiger partial charge on any atom is 0.127 e. The largest absolute Gasteiger partial charge is 0.303 e. The van der Waals surface area contributed by atoms with Gasteiger partial charge in [0, 0.05) is 17.6 Å². The van der Waals surface area contributed by atoms with Crippen molar-refractivity contribution in [1.29, 1.82) is 0 Å². The molecule has 0 aliphatic carbocycles. The van der Waals surface area contributed by atoms with E-state index in [1.807, 2.05) is 30.3 Å². The Kier molecular flexibility index (Phi) is 4.69. The summed E-state index contributed by atoms with van der Waals surface area (Å²) in [6.45, 7) is 4.18. The minimum Gasteiger partial charge on any atom is -0.303 e. The van der Waals surface area contributed by atoms with Crippen LogP contribution in [0, 0.1) is 5.82 Å². The van der Waals surface area contributed by atoms with Crippen LogP contribution in [0.4, 0.5) is 4.39 Å². The average Bonchev–Trinajstić information content (AvgIpc) is 2.46. The number of hydrogen-bond donors (Lipinski definition) is 1. The Labute approximate surface area is 114 Å². The van der Waals surface area contributed by atoms with Gasteiger partial charge >= 0.3 is 0 Å². The molecule has 100 valence electrons. The minimum absolute atomic E-state index is 0.0383. The highest BCUT2D eigenvalue weighted by molar-refractivity contribution is 5.23. The molecule has 0 saturated heterocycles. The molecule has 1 N–H and O–H groups in total. The zero-order valence-electron chi connectivity index (χ0n) is 11.4. The lowest BCUT2D eigenvalue weighted by Gasteiger charge is -2.23. The summed E-state index contributed by atoms with van der Waals surface area (Å²) in [5.41, 5.74) is 1.96. The number of rotatable bonds is 5. The topological polar surface area (TPSA) is 12.0 Å². The summed E-state index contributed by atoms with van der Waals surface area (Å²) in [6.07, 6.45) is 0.859. The van der Waals surface area contributed by atoms with Gasteiger partial charge in [-0.3, -0.25) is 0 Å². The maximum atomic E-state index is 13.8. The molecule has 2 aromatic rings. The molecule has 2 aromatic carbocycles. The van der Waals surface area contributed by atoms with Crippen molar-refractivity contribution >= 4 is 0 Å². The first kappa shape index (κ1) is 13.8. The number of nitrogens with one attached hydrogen (secondary N) is 1. The molecule has 2 atom stereocenters. The lowest BCUT2D eigenvalue weighted by molar-refractivity contribution is 0.439. The first-order valence-electron chi connectivity index (χ1n) is 6.77. The van der Waals surface area contributed by atoms with Gasteiger partial charge in [0.05, 0.1) is 0 Å². The van der Waals surface area contributed by atoms with Crippen molar-refractivity contribution in [3.05, 3.63) is 71.5 Å². The van der Waals surface area contributed by atoms with Gasteiger partial charge < -0.3 is 5.32 Å². The molecule has 2 rings (SSSR count). The zero-order chi connectivity index (χ0) is 13.7. The molecular weight excluding hydrogens is 237 g/mol. The summed E-state index contributed by atoms with van der Waals surface area (Å²) in [7, 11) is 0. The zero-order valence-corrected chi connectivity index (χ0v) is 11.4. The molecule has 1 unspecified atom stereocenters. The van der Waals surface area contributed by atoms with Crippen molar-refractivity contribution in [2.75, 3.05) is 0 Å². The van der Waals surface area contributed by atoms with E-state index >= 15 is 0 Å². The van der Waals surface area contributed by atoms with Crippen molar-refractivity contribution in [3.63, 3.8) is 0 Å². The predicted octanol–water partition coefficient (Wildman–Crippen LogP) is 4.63. The fraction of sp³-hybridized carbons (Fsp3) is 0.294. The summed E-state index contributed by atoms with van der Waals surface area (Å²) in [6, 6.07) is 17.5. The quantitative estimate of drug-likeness (QED) is 0.823. The Morgan fingerprint density at radius 2 is 1.63 bits per heavy atom. The van der Waals surface area contributed by atoms with E-state index in [2.05, 4.69) is 31.3 Å². The SMILES string of the molecule is CCC(N[C@H](C)c1ccccc1)c1ccccc1F. The Balaban J connectivity index is 2.14. The Morgan fingerprint density at radius 3 is 2.26 bits per heavy atom. The van der Waals surface area contributed by atoms with Gasteiger partial charge in [0.15, 0.2) is 0 Å². The predicted molar refractivity (Wildman–Crippen MR) is 77.4 cm³/mol. The second-order valence-corrected chi connectivity index (χ2v) is 4.78. The molecule has 0 heterocycles. The Bertz CT molecular complexity index is 510. The van der Waals surface area contributed by atoms with Crippen molar-refractivity contribution in [2.24, 2.45) is 0 Å². The first-order chi connectivity index (χ1) is 9.22. The summed E-state index contributed by atoms with van der Waals surface area (Å²) in [5, 5.41) is 3.50. The van der Waals surface area contributed by atoms with Crippen LogP contribution in [-0.4, -0.2) is 0 Å². The van der Waals surface area contributed by atoms with Crippen LogP contribution in [0.25, 0.3) is 0 Å². The van der Waals surface area contributed by atoms with Gasteiger partial charge in [-0.05, 0) is 25.0 Å². The molecule has 19 heavy (non-hydrogen) atoms. The lowest BCUT2D eigenvalue weighted by atomic mass is 10.0. The van der Waals surface area contributed by atoms with Gasteiger partial charge in [-0.25, -0.2) is 4.39 Å². The van der Waals surface area contributed by atoms with Gasteiger partial charge in [-0.1, -0.05) is 55.5 Å². The molecule has 0 radical (unpaired) electrons. The number of benzene rings is 2. The van der Waals surface area contributed by atoms with E-state index in [4.69, 9.17) is 0 Å². The highest BCUT2D eigenvalue weighted by atomic mass is 19.1. The van der Waals surface area contributed by atoms with E-state index in [0.29, 0.717) is 0 Å². The molecule has 0 aliphatic heterocycles. The van der Waals surface area contributed by atoms with Gasteiger partial charge in [0.2, 0.25) is 0 Å². The summed E-state index contributed by atoms with van der Waals surface area (Å²) < 4.78 is 13.8. The van der Waals surface area contributed by atoms with Crippen molar-refractivity contribution in [3.8, 4) is 0 Å². The molecule has 0 aromatic heterocycles. The van der Waals surface area contributed by atoms with Crippen molar-refractivity contribution in [2.45, 2.75) is 32.4 Å². The number of hydrogen-bond acceptors (Lipinski definition) is 1. The average molecular weight is 257 g/mol. The standard InChI is InChI=1S/C17H20FN/c1-3-17(15-11-7-8-12-16(15)18)19-13(2)14-9-5-4-6-10-14/h4-13,17,19H,3H2,1-2H3/t13-,17?/m1/s1. The fourth-order valence-corrected chi connectivity index (χ4v) is 2.32. The highest BCUT2D eigenvalue weighted by Gasteiger charge is 2.16. The summed E-state index contributed by atoms with van der Waals surface area (Å²) >= 11 is 0. The normalized spacial score (nSPS) is 14.1.